The van der Waals surface area contributed by atoms with E-state index in [2.05, 4.69) is 5.10 Å². The van der Waals surface area contributed by atoms with E-state index in [1.165, 1.54) is 5.01 Å². The molecule has 0 aliphatic carbocycles. The van der Waals surface area contributed by atoms with E-state index in [1.807, 2.05) is 23.1 Å². The van der Waals surface area contributed by atoms with E-state index in [4.69, 9.17) is 8.83 Å². The first-order chi connectivity index (χ1) is 12.3. The van der Waals surface area contributed by atoms with Crippen LogP contribution in [-0.4, -0.2) is 52.4 Å². The van der Waals surface area contributed by atoms with E-state index >= 15 is 0 Å². The van der Waals surface area contributed by atoms with Crippen molar-refractivity contribution in [3.05, 3.63) is 48.3 Å². The predicted octanol–water partition coefficient (Wildman–Crippen LogP) is 2.01. The summed E-state index contributed by atoms with van der Waals surface area (Å²) in [5.41, 5.74) is 0.736. The number of carbonyl (C=O) groups excluding carboxylic acids is 1. The first-order valence-electron chi connectivity index (χ1n) is 8.58. The summed E-state index contributed by atoms with van der Waals surface area (Å²) in [5.74, 6) is 1.28. The molecule has 0 bridgehead atoms. The summed E-state index contributed by atoms with van der Waals surface area (Å²) in [7, 11) is 0. The van der Waals surface area contributed by atoms with Crippen molar-refractivity contribution >= 4 is 11.6 Å². The van der Waals surface area contributed by atoms with Gasteiger partial charge in [0.2, 0.25) is 0 Å². The van der Waals surface area contributed by atoms with Crippen molar-refractivity contribution in [2.75, 3.05) is 19.7 Å². The third-order valence-corrected chi connectivity index (χ3v) is 4.89. The zero-order chi connectivity index (χ0) is 17.2. The van der Waals surface area contributed by atoms with Gasteiger partial charge in [0.25, 0.3) is 5.91 Å². The molecule has 2 aliphatic rings. The van der Waals surface area contributed by atoms with E-state index < -0.39 is 0 Å². The van der Waals surface area contributed by atoms with Crippen LogP contribution in [0.4, 0.5) is 0 Å². The second kappa shape index (κ2) is 6.85. The maximum Gasteiger partial charge on any atom is 0.257 e. The van der Waals surface area contributed by atoms with Crippen molar-refractivity contribution in [1.29, 1.82) is 0 Å². The van der Waals surface area contributed by atoms with Gasteiger partial charge in [-0.05, 0) is 43.7 Å². The highest BCUT2D eigenvalue weighted by molar-refractivity contribution is 6.01. The maximum atomic E-state index is 12.9. The first kappa shape index (κ1) is 16.1. The number of hydrazone groups is 1. The van der Waals surface area contributed by atoms with Crippen LogP contribution in [0.25, 0.3) is 0 Å². The lowest BCUT2D eigenvalue weighted by atomic mass is 10.1. The molecule has 2 aromatic heterocycles. The minimum Gasteiger partial charge on any atom is -0.467 e. The number of carbonyl (C=O) groups is 1. The van der Waals surface area contributed by atoms with Gasteiger partial charge in [-0.15, -0.1) is 0 Å². The Morgan fingerprint density at radius 1 is 1.28 bits per heavy atom. The van der Waals surface area contributed by atoms with E-state index in [0.29, 0.717) is 17.9 Å². The zero-order valence-electron chi connectivity index (χ0n) is 13.9. The van der Waals surface area contributed by atoms with Gasteiger partial charge in [0.15, 0.2) is 0 Å². The van der Waals surface area contributed by atoms with Gasteiger partial charge in [0, 0.05) is 12.5 Å². The van der Waals surface area contributed by atoms with Gasteiger partial charge in [-0.3, -0.25) is 9.69 Å². The van der Waals surface area contributed by atoms with E-state index in [9.17, 15) is 9.90 Å². The fourth-order valence-corrected chi connectivity index (χ4v) is 3.59. The maximum absolute atomic E-state index is 12.9. The second-order valence-corrected chi connectivity index (χ2v) is 6.45. The molecule has 4 heterocycles. The lowest BCUT2D eigenvalue weighted by Gasteiger charge is -2.26. The molecule has 1 N–H and O–H groups in total. The fourth-order valence-electron chi connectivity index (χ4n) is 3.59. The highest BCUT2D eigenvalue weighted by Crippen LogP contribution is 2.33. The Morgan fingerprint density at radius 3 is 2.84 bits per heavy atom. The van der Waals surface area contributed by atoms with Crippen LogP contribution in [0.3, 0.4) is 0 Å². The van der Waals surface area contributed by atoms with Gasteiger partial charge in [-0.25, -0.2) is 5.01 Å². The Hall–Kier alpha value is -2.38. The van der Waals surface area contributed by atoms with Crippen molar-refractivity contribution in [3.63, 3.8) is 0 Å². The average molecular weight is 343 g/mol. The predicted molar refractivity (Wildman–Crippen MR) is 89.8 cm³/mol. The number of aliphatic hydroxyl groups is 1. The number of hydrogen-bond acceptors (Lipinski definition) is 6. The molecule has 25 heavy (non-hydrogen) atoms. The number of hydrogen-bond donors (Lipinski definition) is 1. The number of amides is 1. The van der Waals surface area contributed by atoms with Crippen molar-refractivity contribution in [1.82, 2.24) is 9.91 Å². The molecule has 0 radical (unpaired) electrons. The largest absolute Gasteiger partial charge is 0.467 e. The molecule has 1 amide bonds. The topological polar surface area (TPSA) is 82.4 Å². The van der Waals surface area contributed by atoms with Crippen LogP contribution in [0.1, 0.15) is 36.8 Å². The third-order valence-electron chi connectivity index (χ3n) is 4.89. The minimum absolute atomic E-state index is 0.0575. The number of furan rings is 2. The third kappa shape index (κ3) is 3.12. The Kier molecular flexibility index (Phi) is 4.42. The Bertz CT molecular complexity index is 738. The van der Waals surface area contributed by atoms with E-state index in [-0.39, 0.29) is 31.1 Å². The normalized spacial score (nSPS) is 24.0. The van der Waals surface area contributed by atoms with Gasteiger partial charge in [-0.2, -0.15) is 5.10 Å². The molecule has 0 spiro atoms. The lowest BCUT2D eigenvalue weighted by Crippen LogP contribution is -2.41. The Balaban J connectivity index is 1.56. The van der Waals surface area contributed by atoms with Crippen LogP contribution >= 0.6 is 0 Å². The van der Waals surface area contributed by atoms with Crippen LogP contribution in [0.2, 0.25) is 0 Å². The molecule has 132 valence electrons. The number of rotatable bonds is 5. The van der Waals surface area contributed by atoms with Crippen molar-refractivity contribution in [2.24, 2.45) is 5.10 Å². The monoisotopic (exact) mass is 343 g/mol. The number of aliphatic hydroxyl groups excluding tert-OH is 1. The lowest BCUT2D eigenvalue weighted by molar-refractivity contribution is -0.135. The molecule has 0 aromatic carbocycles. The van der Waals surface area contributed by atoms with Crippen LogP contribution in [0.5, 0.6) is 0 Å². The number of likely N-dealkylation sites (tertiary alicyclic amines) is 1. The quantitative estimate of drug-likeness (QED) is 0.898. The highest BCUT2D eigenvalue weighted by atomic mass is 16.3. The Morgan fingerprint density at radius 2 is 2.12 bits per heavy atom. The molecular formula is C18H21N3O4. The molecule has 7 nitrogen and oxygen atoms in total. The van der Waals surface area contributed by atoms with E-state index in [1.54, 1.807) is 18.6 Å². The summed E-state index contributed by atoms with van der Waals surface area (Å²) in [6.45, 7) is 1.15. The molecule has 2 atom stereocenters. The highest BCUT2D eigenvalue weighted by Gasteiger charge is 2.37. The van der Waals surface area contributed by atoms with E-state index in [0.717, 1.165) is 25.1 Å². The second-order valence-electron chi connectivity index (χ2n) is 6.45. The first-order valence-corrected chi connectivity index (χ1v) is 8.58. The number of nitrogens with zero attached hydrogens (tertiary/aromatic N) is 3. The molecule has 0 saturated carbocycles. The molecular weight excluding hydrogens is 322 g/mol. The molecule has 1 unspecified atom stereocenters. The fraction of sp³-hybridized carbons (Fsp3) is 0.444. The molecule has 2 aliphatic heterocycles. The SMILES string of the molecule is O=C(CN1CCC[C@@H]1CO)N1N=C(c2ccco2)CC1c1ccco1. The standard InChI is InChI=1S/C18H21N3O4/c22-12-13-4-1-7-20(13)11-18(23)21-15(17-6-3-9-25-17)10-14(19-21)16-5-2-8-24-16/h2-3,5-6,8-9,13,15,22H,1,4,7,10-12H2/t13-,15?/m1/s1. The molecule has 4 rings (SSSR count). The summed E-state index contributed by atoms with van der Waals surface area (Å²) in [4.78, 5) is 14.9. The van der Waals surface area contributed by atoms with Gasteiger partial charge in [0.05, 0.1) is 25.7 Å². The van der Waals surface area contributed by atoms with Crippen molar-refractivity contribution < 1.29 is 18.7 Å². The van der Waals surface area contributed by atoms with Gasteiger partial charge >= 0.3 is 0 Å². The summed E-state index contributed by atoms with van der Waals surface area (Å²) >= 11 is 0. The van der Waals surface area contributed by atoms with Gasteiger partial charge in [-0.1, -0.05) is 0 Å². The van der Waals surface area contributed by atoms with Crippen LogP contribution in [0, 0.1) is 0 Å². The molecule has 1 saturated heterocycles. The van der Waals surface area contributed by atoms with Gasteiger partial charge in [0.1, 0.15) is 23.3 Å². The summed E-state index contributed by atoms with van der Waals surface area (Å²) in [5, 5.41) is 15.5. The van der Waals surface area contributed by atoms with Gasteiger partial charge < -0.3 is 13.9 Å². The summed E-state index contributed by atoms with van der Waals surface area (Å²) < 4.78 is 11.0. The smallest absolute Gasteiger partial charge is 0.257 e. The summed E-state index contributed by atoms with van der Waals surface area (Å²) in [6, 6.07) is 7.11. The van der Waals surface area contributed by atoms with Crippen LogP contribution in [0.15, 0.2) is 50.7 Å². The average Bonchev–Trinajstić information content (AvgIpc) is 3.40. The van der Waals surface area contributed by atoms with Crippen LogP contribution in [-0.2, 0) is 4.79 Å². The zero-order valence-corrected chi connectivity index (χ0v) is 13.9. The van der Waals surface area contributed by atoms with Crippen molar-refractivity contribution in [2.45, 2.75) is 31.3 Å². The van der Waals surface area contributed by atoms with Crippen LogP contribution < -0.4 is 0 Å². The summed E-state index contributed by atoms with van der Waals surface area (Å²) in [6.07, 6.45) is 5.68. The molecule has 2 aromatic rings. The molecule has 7 heteroatoms. The Labute approximate surface area is 145 Å². The van der Waals surface area contributed by atoms with Crippen molar-refractivity contribution in [3.8, 4) is 0 Å². The minimum atomic E-state index is -0.266. The molecule has 1 fully saturated rings.